The first-order valence-electron chi connectivity index (χ1n) is 8.82. The molecule has 1 fully saturated rings. The summed E-state index contributed by atoms with van der Waals surface area (Å²) >= 11 is 7.70. The van der Waals surface area contributed by atoms with Crippen molar-refractivity contribution in [2.24, 2.45) is 0 Å². The maximum absolute atomic E-state index is 13.7. The van der Waals surface area contributed by atoms with Gasteiger partial charge in [0.05, 0.1) is 29.2 Å². The highest BCUT2D eigenvalue weighted by Crippen LogP contribution is 2.43. The van der Waals surface area contributed by atoms with Crippen molar-refractivity contribution in [1.82, 2.24) is 4.90 Å². The van der Waals surface area contributed by atoms with E-state index in [0.29, 0.717) is 33.7 Å². The number of carbonyl (C=O) groups excluding carboxylic acids is 1. The number of fused-ring (bicyclic) bond motifs is 1. The van der Waals surface area contributed by atoms with Gasteiger partial charge in [-0.25, -0.2) is 4.39 Å². The quantitative estimate of drug-likeness (QED) is 0.694. The first kappa shape index (κ1) is 18.9. The third-order valence-corrected chi connectivity index (χ3v) is 6.69. The second-order valence-electron chi connectivity index (χ2n) is 6.80. The Hall–Kier alpha value is -2.49. The average Bonchev–Trinajstić information content (AvgIpc) is 2.70. The number of halogens is 2. The molecule has 4 rings (SSSR count). The molecule has 0 aliphatic carbocycles. The van der Waals surface area contributed by atoms with Gasteiger partial charge >= 0.3 is 0 Å². The van der Waals surface area contributed by atoms with Crippen molar-refractivity contribution in [2.45, 2.75) is 19.3 Å². The molecule has 2 heterocycles. The van der Waals surface area contributed by atoms with E-state index in [1.807, 2.05) is 25.1 Å². The summed E-state index contributed by atoms with van der Waals surface area (Å²) in [5.41, 5.74) is 3.11. The number of anilines is 1. The lowest BCUT2D eigenvalue weighted by Crippen LogP contribution is -2.47. The largest absolute Gasteiger partial charge is 0.343 e. The molecule has 0 bridgehead atoms. The lowest BCUT2D eigenvalue weighted by Gasteiger charge is -2.42. The third kappa shape index (κ3) is 3.25. The van der Waals surface area contributed by atoms with Gasteiger partial charge in [-0.15, -0.1) is 0 Å². The fourth-order valence-corrected chi connectivity index (χ4v) is 4.99. The number of benzene rings is 2. The number of rotatable bonds is 2. The van der Waals surface area contributed by atoms with E-state index in [1.54, 1.807) is 17.0 Å². The van der Waals surface area contributed by atoms with Crippen LogP contribution in [-0.2, 0) is 4.79 Å². The first-order chi connectivity index (χ1) is 13.5. The van der Waals surface area contributed by atoms with Crippen LogP contribution in [0.3, 0.4) is 0 Å². The zero-order valence-electron chi connectivity index (χ0n) is 15.2. The minimum atomic E-state index is -0.411. The van der Waals surface area contributed by atoms with Gasteiger partial charge in [-0.2, -0.15) is 5.26 Å². The number of nitriles is 1. The minimum Gasteiger partial charge on any atom is -0.343 e. The second-order valence-corrected chi connectivity index (χ2v) is 8.14. The number of carbonyl (C=O) groups is 1. The number of thioether (sulfide) groups is 1. The second kappa shape index (κ2) is 7.50. The van der Waals surface area contributed by atoms with Gasteiger partial charge in [0.1, 0.15) is 5.82 Å². The smallest absolute Gasteiger partial charge is 0.229 e. The molecule has 2 aromatic rings. The van der Waals surface area contributed by atoms with E-state index in [-0.39, 0.29) is 18.1 Å². The Balaban J connectivity index is 1.69. The maximum atomic E-state index is 13.7. The zero-order chi connectivity index (χ0) is 19.8. The van der Waals surface area contributed by atoms with Gasteiger partial charge in [0.25, 0.3) is 0 Å². The Kier molecular flexibility index (Phi) is 5.05. The summed E-state index contributed by atoms with van der Waals surface area (Å²) in [5.74, 6) is -0.249. The van der Waals surface area contributed by atoms with Gasteiger partial charge in [-0.1, -0.05) is 41.6 Å². The van der Waals surface area contributed by atoms with Gasteiger partial charge in [-0.05, 0) is 42.3 Å². The molecule has 2 aliphatic heterocycles. The van der Waals surface area contributed by atoms with Gasteiger partial charge < -0.3 is 4.90 Å². The number of allylic oxidation sites excluding steroid dienone is 1. The van der Waals surface area contributed by atoms with E-state index in [4.69, 9.17) is 11.6 Å². The van der Waals surface area contributed by atoms with Gasteiger partial charge in [-0.3, -0.25) is 9.69 Å². The van der Waals surface area contributed by atoms with Crippen LogP contribution in [0, 0.1) is 24.1 Å². The Morgan fingerprint density at radius 1 is 1.29 bits per heavy atom. The van der Waals surface area contributed by atoms with E-state index in [0.717, 1.165) is 11.3 Å². The monoisotopic (exact) mass is 413 g/mol. The predicted octanol–water partition coefficient (Wildman–Crippen LogP) is 5.01. The fraction of sp³-hybridized carbons (Fsp3) is 0.238. The number of amides is 1. The van der Waals surface area contributed by atoms with Crippen LogP contribution in [-0.4, -0.2) is 23.4 Å². The number of nitrogens with zero attached hydrogens (tertiary/aromatic N) is 3. The topological polar surface area (TPSA) is 47.3 Å². The molecule has 7 heteroatoms. The molecule has 1 atom stereocenters. The summed E-state index contributed by atoms with van der Waals surface area (Å²) in [6.45, 7) is 2.32. The molecule has 2 aromatic carbocycles. The third-order valence-electron chi connectivity index (χ3n) is 5.12. The van der Waals surface area contributed by atoms with Gasteiger partial charge in [0.15, 0.2) is 0 Å². The average molecular weight is 414 g/mol. The zero-order valence-corrected chi connectivity index (χ0v) is 16.7. The molecule has 28 heavy (non-hydrogen) atoms. The summed E-state index contributed by atoms with van der Waals surface area (Å²) in [4.78, 5) is 16.6. The van der Waals surface area contributed by atoms with Crippen molar-refractivity contribution < 1.29 is 9.18 Å². The van der Waals surface area contributed by atoms with Crippen molar-refractivity contribution in [3.05, 3.63) is 75.0 Å². The predicted molar refractivity (Wildman–Crippen MR) is 109 cm³/mol. The molecule has 4 nitrogen and oxygen atoms in total. The molecule has 0 spiro atoms. The molecule has 1 saturated heterocycles. The molecule has 0 aromatic heterocycles. The summed E-state index contributed by atoms with van der Waals surface area (Å²) in [7, 11) is 0. The van der Waals surface area contributed by atoms with E-state index < -0.39 is 5.92 Å². The Morgan fingerprint density at radius 3 is 2.82 bits per heavy atom. The van der Waals surface area contributed by atoms with Crippen molar-refractivity contribution in [2.75, 3.05) is 17.4 Å². The molecular formula is C21H17ClFN3OS. The SMILES string of the molecule is Cc1c(Cl)cccc1N1CSC2=C(C#N)[C@H](c3cccc(F)c3)CC(=O)N2C1. The van der Waals surface area contributed by atoms with Crippen molar-refractivity contribution >= 4 is 35.0 Å². The highest BCUT2D eigenvalue weighted by atomic mass is 35.5. The Labute approximate surface area is 172 Å². The van der Waals surface area contributed by atoms with Crippen LogP contribution in [0.1, 0.15) is 23.5 Å². The van der Waals surface area contributed by atoms with Crippen molar-refractivity contribution in [3.63, 3.8) is 0 Å². The highest BCUT2D eigenvalue weighted by molar-refractivity contribution is 8.03. The van der Waals surface area contributed by atoms with Crippen LogP contribution in [0.2, 0.25) is 5.02 Å². The summed E-state index contributed by atoms with van der Waals surface area (Å²) in [6.07, 6.45) is 0.152. The molecule has 0 radical (unpaired) electrons. The summed E-state index contributed by atoms with van der Waals surface area (Å²) in [5, 5.41) is 11.1. The molecule has 0 unspecified atom stereocenters. The lowest BCUT2D eigenvalue weighted by atomic mass is 9.86. The molecular weight excluding hydrogens is 397 g/mol. The molecule has 142 valence electrons. The molecule has 0 N–H and O–H groups in total. The van der Waals surface area contributed by atoms with Crippen LogP contribution in [0.4, 0.5) is 10.1 Å². The van der Waals surface area contributed by atoms with Gasteiger partial charge in [0.2, 0.25) is 5.91 Å². The van der Waals surface area contributed by atoms with Crippen molar-refractivity contribution in [1.29, 1.82) is 5.26 Å². The van der Waals surface area contributed by atoms with Crippen LogP contribution in [0.15, 0.2) is 53.1 Å². The highest BCUT2D eigenvalue weighted by Gasteiger charge is 2.38. The Bertz CT molecular complexity index is 1030. The Morgan fingerprint density at radius 2 is 2.07 bits per heavy atom. The van der Waals surface area contributed by atoms with Crippen LogP contribution >= 0.6 is 23.4 Å². The van der Waals surface area contributed by atoms with E-state index in [2.05, 4.69) is 11.0 Å². The van der Waals surface area contributed by atoms with E-state index in [1.165, 1.54) is 23.9 Å². The van der Waals surface area contributed by atoms with Crippen LogP contribution in [0.25, 0.3) is 0 Å². The van der Waals surface area contributed by atoms with E-state index in [9.17, 15) is 14.4 Å². The summed E-state index contributed by atoms with van der Waals surface area (Å²) < 4.78 is 13.7. The van der Waals surface area contributed by atoms with Crippen LogP contribution < -0.4 is 4.90 Å². The molecule has 0 saturated carbocycles. The van der Waals surface area contributed by atoms with E-state index >= 15 is 0 Å². The maximum Gasteiger partial charge on any atom is 0.229 e. The lowest BCUT2D eigenvalue weighted by molar-refractivity contribution is -0.129. The number of hydrogen-bond acceptors (Lipinski definition) is 4. The van der Waals surface area contributed by atoms with Gasteiger partial charge in [0, 0.05) is 23.0 Å². The first-order valence-corrected chi connectivity index (χ1v) is 10.2. The van der Waals surface area contributed by atoms with Crippen LogP contribution in [0.5, 0.6) is 0 Å². The summed E-state index contributed by atoms with van der Waals surface area (Å²) in [6, 6.07) is 14.1. The fourth-order valence-electron chi connectivity index (χ4n) is 3.66. The normalized spacial score (nSPS) is 19.5. The standard InChI is InChI=1S/C21H17ClFN3OS/c1-13-18(22)6-3-7-19(13)25-11-26-20(27)9-16(14-4-2-5-15(23)8-14)17(10-24)21(26)28-12-25/h2-8,16H,9,11-12H2,1H3/t16-/m0/s1. The molecule has 1 amide bonds. The van der Waals surface area contributed by atoms with Crippen molar-refractivity contribution in [3.8, 4) is 6.07 Å². The number of hydrogen-bond donors (Lipinski definition) is 0. The minimum absolute atomic E-state index is 0.0693. The molecule has 2 aliphatic rings.